The van der Waals surface area contributed by atoms with E-state index in [1.807, 2.05) is 18.2 Å². The summed E-state index contributed by atoms with van der Waals surface area (Å²) in [6.07, 6.45) is -3.01. The van der Waals surface area contributed by atoms with Crippen LogP contribution < -0.4 is 10.1 Å². The van der Waals surface area contributed by atoms with Crippen molar-refractivity contribution in [1.82, 2.24) is 19.8 Å². The molecule has 194 valence electrons. The van der Waals surface area contributed by atoms with E-state index in [1.165, 1.54) is 6.07 Å². The van der Waals surface area contributed by atoms with Crippen LogP contribution in [0.1, 0.15) is 17.7 Å². The molecule has 7 nitrogen and oxygen atoms in total. The van der Waals surface area contributed by atoms with Gasteiger partial charge in [0.25, 0.3) is 0 Å². The Bertz CT molecular complexity index is 1260. The number of rotatable bonds is 7. The highest BCUT2D eigenvalue weighted by molar-refractivity contribution is 6.05. The van der Waals surface area contributed by atoms with E-state index >= 15 is 0 Å². The fraction of sp³-hybridized carbons (Fsp3) is 0.333. The number of carbonyl (C=O) groups excluding carboxylic acids is 1. The maximum absolute atomic E-state index is 13.0. The quantitative estimate of drug-likeness (QED) is 0.369. The molecule has 1 fully saturated rings. The van der Waals surface area contributed by atoms with Gasteiger partial charge in [0.15, 0.2) is 0 Å². The van der Waals surface area contributed by atoms with Gasteiger partial charge in [0, 0.05) is 49.8 Å². The van der Waals surface area contributed by atoms with Crippen molar-refractivity contribution < 1.29 is 22.7 Å². The van der Waals surface area contributed by atoms with Crippen molar-refractivity contribution in [2.45, 2.75) is 12.6 Å². The standard InChI is InChI=1S/C27H28F3N5O2/c1-34-13-15-35(16-14-34)12-5-17-37-23-10-9-21(26-31-19-24(33-26)27(28,29)30)18-22(23)32-25(36)11-8-20-6-3-2-4-7-20/h2-4,6-7,9-10,18-19H,5,12-17H2,1H3,(H,31,33)(H,32,36). The predicted octanol–water partition coefficient (Wildman–Crippen LogP) is 4.10. The second-order valence-electron chi connectivity index (χ2n) is 8.77. The molecule has 2 N–H and O–H groups in total. The number of anilines is 1. The van der Waals surface area contributed by atoms with Crippen LogP contribution in [-0.4, -0.2) is 72.1 Å². The minimum absolute atomic E-state index is 0.0276. The number of nitrogens with one attached hydrogen (secondary N) is 2. The van der Waals surface area contributed by atoms with Gasteiger partial charge in [0.05, 0.1) is 18.5 Å². The molecule has 0 spiro atoms. The van der Waals surface area contributed by atoms with Gasteiger partial charge in [-0.05, 0) is 43.8 Å². The Balaban J connectivity index is 1.47. The van der Waals surface area contributed by atoms with E-state index in [-0.39, 0.29) is 5.82 Å². The summed E-state index contributed by atoms with van der Waals surface area (Å²) < 4.78 is 45.0. The monoisotopic (exact) mass is 511 g/mol. The summed E-state index contributed by atoms with van der Waals surface area (Å²) in [5.41, 5.74) is 0.397. The van der Waals surface area contributed by atoms with E-state index in [4.69, 9.17) is 4.74 Å². The Morgan fingerprint density at radius 3 is 2.59 bits per heavy atom. The lowest BCUT2D eigenvalue weighted by molar-refractivity contribution is -0.140. The molecule has 4 rings (SSSR count). The fourth-order valence-electron chi connectivity index (χ4n) is 3.86. The number of piperazine rings is 1. The van der Waals surface area contributed by atoms with Gasteiger partial charge in [-0.1, -0.05) is 24.1 Å². The number of hydrogen-bond donors (Lipinski definition) is 2. The van der Waals surface area contributed by atoms with Gasteiger partial charge >= 0.3 is 12.1 Å². The maximum atomic E-state index is 13.0. The van der Waals surface area contributed by atoms with E-state index in [0.29, 0.717) is 29.2 Å². The lowest BCUT2D eigenvalue weighted by atomic mass is 10.1. The number of ether oxygens (including phenoxy) is 1. The van der Waals surface area contributed by atoms with Crippen LogP contribution in [-0.2, 0) is 11.0 Å². The average molecular weight is 512 g/mol. The van der Waals surface area contributed by atoms with Crippen LogP contribution in [0, 0.1) is 11.8 Å². The number of halogens is 3. The molecule has 1 aliphatic rings. The third-order valence-electron chi connectivity index (χ3n) is 5.95. The van der Waals surface area contributed by atoms with E-state index in [9.17, 15) is 18.0 Å². The summed E-state index contributed by atoms with van der Waals surface area (Å²) in [5.74, 6) is 5.18. The molecule has 0 aliphatic carbocycles. The Morgan fingerprint density at radius 1 is 1.14 bits per heavy atom. The molecular weight excluding hydrogens is 483 g/mol. The minimum atomic E-state index is -4.54. The summed E-state index contributed by atoms with van der Waals surface area (Å²) in [5, 5.41) is 2.71. The number of aromatic nitrogens is 2. The van der Waals surface area contributed by atoms with Gasteiger partial charge in [0.1, 0.15) is 17.3 Å². The minimum Gasteiger partial charge on any atom is -0.491 e. The Labute approximate surface area is 213 Å². The molecule has 3 aromatic rings. The number of likely N-dealkylation sites (N-methyl/N-ethyl adjacent to an activating group) is 1. The maximum Gasteiger partial charge on any atom is 0.432 e. The molecule has 2 heterocycles. The summed E-state index contributed by atoms with van der Waals surface area (Å²) >= 11 is 0. The molecule has 0 saturated carbocycles. The van der Waals surface area contributed by atoms with Crippen molar-refractivity contribution >= 4 is 11.6 Å². The van der Waals surface area contributed by atoms with Gasteiger partial charge in [-0.15, -0.1) is 0 Å². The Morgan fingerprint density at radius 2 is 1.89 bits per heavy atom. The van der Waals surface area contributed by atoms with Gasteiger partial charge in [-0.25, -0.2) is 4.98 Å². The van der Waals surface area contributed by atoms with Crippen LogP contribution in [0.3, 0.4) is 0 Å². The largest absolute Gasteiger partial charge is 0.491 e. The Kier molecular flexibility index (Phi) is 8.48. The summed E-state index contributed by atoms with van der Waals surface area (Å²) in [6, 6.07) is 13.8. The molecule has 1 aromatic heterocycles. The normalized spacial score (nSPS) is 14.6. The van der Waals surface area contributed by atoms with Crippen LogP contribution in [0.2, 0.25) is 0 Å². The molecule has 10 heteroatoms. The number of nitrogens with zero attached hydrogens (tertiary/aromatic N) is 3. The number of benzene rings is 2. The SMILES string of the molecule is CN1CCN(CCCOc2ccc(-c3ncc(C(F)(F)F)[nH]3)cc2NC(=O)C#Cc2ccccc2)CC1. The topological polar surface area (TPSA) is 73.5 Å². The average Bonchev–Trinajstić information content (AvgIpc) is 3.39. The highest BCUT2D eigenvalue weighted by atomic mass is 19.4. The summed E-state index contributed by atoms with van der Waals surface area (Å²) in [7, 11) is 2.11. The Hall–Kier alpha value is -3.81. The van der Waals surface area contributed by atoms with E-state index < -0.39 is 17.8 Å². The van der Waals surface area contributed by atoms with E-state index in [1.54, 1.807) is 24.3 Å². The lowest BCUT2D eigenvalue weighted by Gasteiger charge is -2.32. The smallest absolute Gasteiger partial charge is 0.432 e. The first-order chi connectivity index (χ1) is 17.8. The van der Waals surface area contributed by atoms with Gasteiger partial charge in [-0.2, -0.15) is 13.2 Å². The van der Waals surface area contributed by atoms with Crippen molar-refractivity contribution in [3.63, 3.8) is 0 Å². The fourth-order valence-corrected chi connectivity index (χ4v) is 3.86. The third-order valence-corrected chi connectivity index (χ3v) is 5.95. The second-order valence-corrected chi connectivity index (χ2v) is 8.77. The summed E-state index contributed by atoms with van der Waals surface area (Å²) in [6.45, 7) is 5.40. The van der Waals surface area contributed by atoms with Crippen molar-refractivity contribution in [2.24, 2.45) is 0 Å². The molecular formula is C27H28F3N5O2. The van der Waals surface area contributed by atoms with Crippen molar-refractivity contribution in [2.75, 3.05) is 51.7 Å². The molecule has 2 aromatic carbocycles. The van der Waals surface area contributed by atoms with Crippen molar-refractivity contribution in [3.8, 4) is 29.0 Å². The third kappa shape index (κ3) is 7.59. The molecule has 37 heavy (non-hydrogen) atoms. The number of imidazole rings is 1. The predicted molar refractivity (Wildman–Crippen MR) is 135 cm³/mol. The number of carbonyl (C=O) groups is 1. The molecule has 0 atom stereocenters. The molecule has 0 radical (unpaired) electrons. The molecule has 1 saturated heterocycles. The summed E-state index contributed by atoms with van der Waals surface area (Å²) in [4.78, 5) is 23.4. The first kappa shape index (κ1) is 26.3. The molecule has 0 bridgehead atoms. The molecule has 0 unspecified atom stereocenters. The van der Waals surface area contributed by atoms with Crippen LogP contribution in [0.25, 0.3) is 11.4 Å². The molecule has 1 aliphatic heterocycles. The number of hydrogen-bond acceptors (Lipinski definition) is 5. The number of aromatic amines is 1. The molecule has 1 amide bonds. The van der Waals surface area contributed by atoms with Crippen LogP contribution >= 0.6 is 0 Å². The first-order valence-electron chi connectivity index (χ1n) is 12.0. The highest BCUT2D eigenvalue weighted by Gasteiger charge is 2.33. The zero-order valence-corrected chi connectivity index (χ0v) is 20.4. The van der Waals surface area contributed by atoms with Crippen molar-refractivity contribution in [3.05, 3.63) is 66.0 Å². The van der Waals surface area contributed by atoms with E-state index in [2.05, 4.69) is 44.0 Å². The van der Waals surface area contributed by atoms with Gasteiger partial charge in [0.2, 0.25) is 0 Å². The van der Waals surface area contributed by atoms with Crippen LogP contribution in [0.5, 0.6) is 5.75 Å². The number of alkyl halides is 3. The first-order valence-corrected chi connectivity index (χ1v) is 12.0. The zero-order valence-electron chi connectivity index (χ0n) is 20.4. The number of amides is 1. The van der Waals surface area contributed by atoms with Crippen LogP contribution in [0.15, 0.2) is 54.7 Å². The highest BCUT2D eigenvalue weighted by Crippen LogP contribution is 2.33. The second kappa shape index (κ2) is 12.0. The lowest BCUT2D eigenvalue weighted by Crippen LogP contribution is -2.44. The zero-order chi connectivity index (χ0) is 26.3. The van der Waals surface area contributed by atoms with Crippen molar-refractivity contribution in [1.29, 1.82) is 0 Å². The van der Waals surface area contributed by atoms with E-state index in [0.717, 1.165) is 45.3 Å². The van der Waals surface area contributed by atoms with Crippen LogP contribution in [0.4, 0.5) is 18.9 Å². The van der Waals surface area contributed by atoms with Gasteiger partial charge in [-0.3, -0.25) is 4.79 Å². The number of H-pyrrole nitrogens is 1. The van der Waals surface area contributed by atoms with Gasteiger partial charge < -0.3 is 24.8 Å².